The summed E-state index contributed by atoms with van der Waals surface area (Å²) in [6.45, 7) is 0. The van der Waals surface area contributed by atoms with Gasteiger partial charge in [-0.25, -0.2) is 0 Å². The van der Waals surface area contributed by atoms with E-state index < -0.39 is 7.57 Å². The molecule has 0 saturated heterocycles. The van der Waals surface area contributed by atoms with E-state index in [2.05, 4.69) is 31.9 Å². The van der Waals surface area contributed by atoms with E-state index in [9.17, 15) is 0 Å². The molecule has 0 heterocycles. The third kappa shape index (κ3) is 2.87. The monoisotopic (exact) mass is 350 g/mol. The highest BCUT2D eigenvalue weighted by atomic mass is 79.9. The van der Waals surface area contributed by atoms with E-state index in [0.717, 1.165) is 0 Å². The van der Waals surface area contributed by atoms with Crippen LogP contribution in [-0.4, -0.2) is 19.3 Å². The third-order valence-corrected chi connectivity index (χ3v) is 6.50. The van der Waals surface area contributed by atoms with Gasteiger partial charge in [0.2, 0.25) is 0 Å². The standard InChI is InChI=1S/C4H4Br2Cl4/c5-3(9,1-7)4(6,10)2-8/h1-2H2. The highest BCUT2D eigenvalue weighted by Gasteiger charge is 2.44. The van der Waals surface area contributed by atoms with Crippen LogP contribution >= 0.6 is 78.3 Å². The van der Waals surface area contributed by atoms with E-state index in [1.54, 1.807) is 0 Å². The maximum absolute atomic E-state index is 5.83. The van der Waals surface area contributed by atoms with Gasteiger partial charge in [-0.05, 0) is 0 Å². The molecule has 10 heavy (non-hydrogen) atoms. The Morgan fingerprint density at radius 1 is 0.900 bits per heavy atom. The van der Waals surface area contributed by atoms with E-state index in [1.807, 2.05) is 0 Å². The summed E-state index contributed by atoms with van der Waals surface area (Å²) in [6.07, 6.45) is 0. The molecular formula is C4H4Br2Cl4. The fraction of sp³-hybridized carbons (Fsp3) is 1.00. The minimum atomic E-state index is -0.912. The first kappa shape index (κ1) is 12.1. The van der Waals surface area contributed by atoms with Crippen molar-refractivity contribution < 1.29 is 0 Å². The topological polar surface area (TPSA) is 0 Å². The molecule has 0 saturated carbocycles. The quantitative estimate of drug-likeness (QED) is 0.669. The molecule has 2 unspecified atom stereocenters. The molecule has 0 N–H and O–H groups in total. The summed E-state index contributed by atoms with van der Waals surface area (Å²) in [5.74, 6) is 0.325. The van der Waals surface area contributed by atoms with Crippen LogP contribution in [0.3, 0.4) is 0 Å². The molecule has 0 aromatic heterocycles. The van der Waals surface area contributed by atoms with Crippen molar-refractivity contribution in [1.82, 2.24) is 0 Å². The van der Waals surface area contributed by atoms with Crippen LogP contribution in [0, 0.1) is 0 Å². The van der Waals surface area contributed by atoms with Gasteiger partial charge in [0.15, 0.2) is 0 Å². The van der Waals surface area contributed by atoms with Gasteiger partial charge in [0.05, 0.1) is 11.8 Å². The number of hydrogen-bond acceptors (Lipinski definition) is 0. The van der Waals surface area contributed by atoms with Crippen molar-refractivity contribution in [3.63, 3.8) is 0 Å². The lowest BCUT2D eigenvalue weighted by Crippen LogP contribution is -2.38. The summed E-state index contributed by atoms with van der Waals surface area (Å²) in [5, 5.41) is 0. The molecule has 0 aliphatic rings. The summed E-state index contributed by atoms with van der Waals surface area (Å²) in [5.41, 5.74) is 0. The van der Waals surface area contributed by atoms with Crippen LogP contribution in [0.1, 0.15) is 0 Å². The van der Waals surface area contributed by atoms with Gasteiger partial charge in [-0.15, -0.1) is 46.4 Å². The maximum atomic E-state index is 5.83. The molecule has 0 aliphatic heterocycles. The Balaban J connectivity index is 4.28. The molecule has 0 amide bonds. The Labute approximate surface area is 96.8 Å². The average Bonchev–Trinajstić information content (AvgIpc) is 1.88. The predicted molar refractivity (Wildman–Crippen MR) is 56.5 cm³/mol. The Hall–Kier alpha value is 2.12. The minimum absolute atomic E-state index is 0.163. The Morgan fingerprint density at radius 2 is 1.10 bits per heavy atom. The fourth-order valence-electron chi connectivity index (χ4n) is 0.196. The Morgan fingerprint density at radius 3 is 1.20 bits per heavy atom. The summed E-state index contributed by atoms with van der Waals surface area (Å²) >= 11 is 28.9. The summed E-state index contributed by atoms with van der Waals surface area (Å²) < 4.78 is -1.82. The van der Waals surface area contributed by atoms with Crippen LogP contribution < -0.4 is 0 Å². The first-order valence-corrected chi connectivity index (χ1v) is 5.66. The second-order valence-electron chi connectivity index (χ2n) is 1.68. The normalized spacial score (nSPS) is 23.4. The number of hydrogen-bond donors (Lipinski definition) is 0. The van der Waals surface area contributed by atoms with E-state index >= 15 is 0 Å². The molecule has 0 aromatic rings. The van der Waals surface area contributed by atoms with Crippen molar-refractivity contribution >= 4 is 78.3 Å². The van der Waals surface area contributed by atoms with E-state index in [1.165, 1.54) is 0 Å². The summed E-state index contributed by atoms with van der Waals surface area (Å²) in [7, 11) is 0. The molecule has 0 spiro atoms. The second kappa shape index (κ2) is 4.38. The van der Waals surface area contributed by atoms with Crippen LogP contribution in [-0.2, 0) is 0 Å². The van der Waals surface area contributed by atoms with Gasteiger partial charge in [0, 0.05) is 0 Å². The van der Waals surface area contributed by atoms with Gasteiger partial charge in [0.1, 0.15) is 7.57 Å². The molecule has 0 radical (unpaired) electrons. The van der Waals surface area contributed by atoms with Crippen LogP contribution in [0.2, 0.25) is 0 Å². The molecule has 0 aromatic carbocycles. The molecule has 0 fully saturated rings. The largest absolute Gasteiger partial charge is 0.143 e. The fourth-order valence-corrected chi connectivity index (χ4v) is 1.53. The van der Waals surface area contributed by atoms with Crippen molar-refractivity contribution in [2.75, 3.05) is 11.8 Å². The SMILES string of the molecule is ClCC(Cl)(Br)C(Cl)(Br)CCl. The van der Waals surface area contributed by atoms with E-state index in [-0.39, 0.29) is 11.8 Å². The zero-order chi connectivity index (χ0) is 8.41. The van der Waals surface area contributed by atoms with Gasteiger partial charge >= 0.3 is 0 Å². The zero-order valence-electron chi connectivity index (χ0n) is 4.68. The molecule has 0 bridgehead atoms. The molecule has 2 atom stereocenters. The lowest BCUT2D eigenvalue weighted by molar-refractivity contribution is 0.830. The van der Waals surface area contributed by atoms with Gasteiger partial charge in [0.25, 0.3) is 0 Å². The van der Waals surface area contributed by atoms with Crippen molar-refractivity contribution in [3.05, 3.63) is 0 Å². The van der Waals surface area contributed by atoms with Gasteiger partial charge < -0.3 is 0 Å². The molecule has 0 nitrogen and oxygen atoms in total. The molecule has 6 heteroatoms. The smallest absolute Gasteiger partial charge is 0.124 e. The molecule has 0 aliphatic carbocycles. The van der Waals surface area contributed by atoms with Gasteiger partial charge in [-0.1, -0.05) is 31.9 Å². The first-order chi connectivity index (χ1) is 4.37. The molecule has 62 valence electrons. The van der Waals surface area contributed by atoms with Crippen LogP contribution in [0.4, 0.5) is 0 Å². The Bertz CT molecular complexity index is 99.8. The summed E-state index contributed by atoms with van der Waals surface area (Å²) in [6, 6.07) is 0. The predicted octanol–water partition coefficient (Wildman–Crippen LogP) is 4.12. The highest BCUT2D eigenvalue weighted by molar-refractivity contribution is 9.13. The van der Waals surface area contributed by atoms with Crippen LogP contribution in [0.5, 0.6) is 0 Å². The first-order valence-electron chi connectivity index (χ1n) is 2.25. The third-order valence-electron chi connectivity index (χ3n) is 0.871. The molecular weight excluding hydrogens is 350 g/mol. The van der Waals surface area contributed by atoms with Gasteiger partial charge in [-0.3, -0.25) is 0 Å². The maximum Gasteiger partial charge on any atom is 0.143 e. The average molecular weight is 354 g/mol. The van der Waals surface area contributed by atoms with Crippen LogP contribution in [0.25, 0.3) is 0 Å². The lowest BCUT2D eigenvalue weighted by Gasteiger charge is -2.29. The number of halogens is 6. The number of rotatable bonds is 3. The van der Waals surface area contributed by atoms with Crippen LogP contribution in [0.15, 0.2) is 0 Å². The lowest BCUT2D eigenvalue weighted by atomic mass is 10.3. The van der Waals surface area contributed by atoms with E-state index in [0.29, 0.717) is 0 Å². The minimum Gasteiger partial charge on any atom is -0.124 e. The van der Waals surface area contributed by atoms with Crippen molar-refractivity contribution in [2.45, 2.75) is 7.57 Å². The highest BCUT2D eigenvalue weighted by Crippen LogP contribution is 2.46. The van der Waals surface area contributed by atoms with E-state index in [4.69, 9.17) is 46.4 Å². The summed E-state index contributed by atoms with van der Waals surface area (Å²) in [4.78, 5) is 0. The van der Waals surface area contributed by atoms with Crippen molar-refractivity contribution in [3.8, 4) is 0 Å². The Kier molecular flexibility index (Phi) is 5.31. The zero-order valence-corrected chi connectivity index (χ0v) is 10.9. The number of alkyl halides is 6. The van der Waals surface area contributed by atoms with Crippen molar-refractivity contribution in [2.24, 2.45) is 0 Å². The second-order valence-corrected chi connectivity index (χ2v) is 7.12. The molecule has 0 rings (SSSR count). The van der Waals surface area contributed by atoms with Crippen molar-refractivity contribution in [1.29, 1.82) is 0 Å². The van der Waals surface area contributed by atoms with Gasteiger partial charge in [-0.2, -0.15) is 0 Å².